The summed E-state index contributed by atoms with van der Waals surface area (Å²) in [5.74, 6) is 0.160. The molecule has 0 saturated heterocycles. The van der Waals surface area contributed by atoms with Crippen molar-refractivity contribution in [3.05, 3.63) is 215 Å². The van der Waals surface area contributed by atoms with Crippen LogP contribution in [-0.2, 0) is 20.8 Å². The van der Waals surface area contributed by atoms with Gasteiger partial charge in [0.1, 0.15) is 39.6 Å². The van der Waals surface area contributed by atoms with Crippen molar-refractivity contribution in [3.63, 3.8) is 0 Å². The third-order valence-electron chi connectivity index (χ3n) is 13.8. The largest absolute Gasteiger partial charge is 0.496 e. The van der Waals surface area contributed by atoms with E-state index < -0.39 is 40.5 Å². The first-order chi connectivity index (χ1) is 33.5. The Morgan fingerprint density at radius 2 is 0.696 bits per heavy atom. The van der Waals surface area contributed by atoms with Crippen LogP contribution in [0.1, 0.15) is 72.2 Å². The topological polar surface area (TPSA) is 136 Å². The van der Waals surface area contributed by atoms with Gasteiger partial charge in [-0.2, -0.15) is 0 Å². The minimum absolute atomic E-state index is 0.0369. The Morgan fingerprint density at radius 3 is 1.00 bits per heavy atom. The molecule has 0 aliphatic rings. The molecule has 10 nitrogen and oxygen atoms in total. The molecule has 8 rings (SSSR count). The van der Waals surface area contributed by atoms with Crippen molar-refractivity contribution in [2.24, 2.45) is 5.41 Å². The summed E-state index contributed by atoms with van der Waals surface area (Å²) in [6, 6.07) is 52.9. The van der Waals surface area contributed by atoms with Crippen molar-refractivity contribution in [1.29, 1.82) is 0 Å². The van der Waals surface area contributed by atoms with Gasteiger partial charge in [0.05, 0.1) is 40.5 Å². The maximum atomic E-state index is 16.0. The number of hydrogen-bond donors (Lipinski definition) is 4. The number of nitrogens with one attached hydrogen (secondary N) is 2. The summed E-state index contributed by atoms with van der Waals surface area (Å²) in [4.78, 5) is 32.0. The maximum Gasteiger partial charge on any atom is 0.236 e. The van der Waals surface area contributed by atoms with Crippen molar-refractivity contribution < 1.29 is 38.7 Å². The lowest BCUT2D eigenvalue weighted by Crippen LogP contribution is -2.57. The van der Waals surface area contributed by atoms with E-state index in [2.05, 4.69) is 10.6 Å². The SMILES string of the molecule is CCC(CC)(C(=O)N[C@@H](c1cccc2ccccc12)C(O)(c1ccccc1OC)c1ccccc1OC)C(=O)N[C@@H](c1cccc2ccccc12)C(O)(c1ccccc1OC)c1ccccc1OC. The molecule has 0 aliphatic carbocycles. The number of aliphatic hydroxyl groups is 2. The van der Waals surface area contributed by atoms with Crippen molar-refractivity contribution >= 4 is 33.4 Å². The zero-order chi connectivity index (χ0) is 48.8. The molecule has 4 N–H and O–H groups in total. The van der Waals surface area contributed by atoms with Crippen molar-refractivity contribution in [2.45, 2.75) is 50.0 Å². The smallest absolute Gasteiger partial charge is 0.236 e. The number of benzene rings is 8. The van der Waals surface area contributed by atoms with Gasteiger partial charge in [-0.3, -0.25) is 9.59 Å². The number of ether oxygens (including phenoxy) is 4. The fourth-order valence-electron chi connectivity index (χ4n) is 10.1. The molecular formula is C59H58N2O8. The van der Waals surface area contributed by atoms with Crippen LogP contribution in [0.25, 0.3) is 21.5 Å². The highest BCUT2D eigenvalue weighted by molar-refractivity contribution is 6.06. The number of carbonyl (C=O) groups excluding carboxylic acids is 2. The van der Waals surface area contributed by atoms with Crippen LogP contribution in [-0.4, -0.2) is 50.5 Å². The molecule has 2 amide bonds. The Hall–Kier alpha value is -7.66. The predicted molar refractivity (Wildman–Crippen MR) is 271 cm³/mol. The number of rotatable bonds is 18. The lowest BCUT2D eigenvalue weighted by Gasteiger charge is -2.43. The summed E-state index contributed by atoms with van der Waals surface area (Å²) in [6.45, 7) is 3.59. The molecule has 0 aliphatic heterocycles. The average molecular weight is 923 g/mol. The molecule has 0 bridgehead atoms. The van der Waals surface area contributed by atoms with Gasteiger partial charge in [-0.25, -0.2) is 0 Å². The fraction of sp³-hybridized carbons (Fsp3) is 0.220. The molecule has 0 spiro atoms. The summed E-state index contributed by atoms with van der Waals surface area (Å²) in [5.41, 5.74) is -3.38. The van der Waals surface area contributed by atoms with E-state index in [9.17, 15) is 10.2 Å². The summed E-state index contributed by atoms with van der Waals surface area (Å²) in [6.07, 6.45) is 0.0738. The van der Waals surface area contributed by atoms with Crippen LogP contribution < -0.4 is 29.6 Å². The van der Waals surface area contributed by atoms with E-state index in [0.717, 1.165) is 21.5 Å². The molecule has 0 fully saturated rings. The van der Waals surface area contributed by atoms with Crippen LogP contribution in [0.3, 0.4) is 0 Å². The van der Waals surface area contributed by atoms with E-state index in [1.165, 1.54) is 28.4 Å². The molecule has 0 saturated carbocycles. The minimum atomic E-state index is -2.08. The van der Waals surface area contributed by atoms with Crippen molar-refractivity contribution in [2.75, 3.05) is 28.4 Å². The Morgan fingerprint density at radius 1 is 0.420 bits per heavy atom. The van der Waals surface area contributed by atoms with Gasteiger partial charge in [-0.15, -0.1) is 0 Å². The summed E-state index contributed by atoms with van der Waals surface area (Å²) in [5, 5.41) is 37.8. The summed E-state index contributed by atoms with van der Waals surface area (Å²) >= 11 is 0. The number of amides is 2. The standard InChI is InChI=1S/C59H58N2O8/c1-7-57(8-2,55(62)60-53(43-29-21-25-39-23-9-11-27-41(39)43)58(64,45-31-13-17-35-49(45)66-3)46-32-14-18-36-50(46)67-4)56(63)61-54(44-30-22-26-40-24-10-12-28-42(40)44)59(65,47-33-15-19-37-51(47)68-5)48-34-16-20-38-52(48)69-6/h9-38,53-54,64-65H,7-8H2,1-6H3,(H,60,62)(H,61,63)/t53-,54-/m0/s1. The normalized spacial score (nSPS) is 12.8. The number of hydrogen-bond acceptors (Lipinski definition) is 8. The Labute approximate surface area is 403 Å². The first kappa shape index (κ1) is 47.8. The second-order valence-corrected chi connectivity index (χ2v) is 17.1. The second kappa shape index (κ2) is 20.3. The Balaban J connectivity index is 1.36. The molecule has 8 aromatic carbocycles. The van der Waals surface area contributed by atoms with Crippen molar-refractivity contribution in [3.8, 4) is 23.0 Å². The zero-order valence-electron chi connectivity index (χ0n) is 39.7. The van der Waals surface area contributed by atoms with Gasteiger partial charge in [0.15, 0.2) is 0 Å². The summed E-state index contributed by atoms with van der Waals surface area (Å²) < 4.78 is 23.8. The molecule has 10 heteroatoms. The first-order valence-electron chi connectivity index (χ1n) is 23.1. The zero-order valence-corrected chi connectivity index (χ0v) is 39.7. The third-order valence-corrected chi connectivity index (χ3v) is 13.8. The quantitative estimate of drug-likeness (QED) is 0.0625. The number of para-hydroxylation sites is 4. The van der Waals surface area contributed by atoms with Crippen LogP contribution in [0.15, 0.2) is 182 Å². The lowest BCUT2D eigenvalue weighted by molar-refractivity contribution is -0.147. The third kappa shape index (κ3) is 8.40. The number of fused-ring (bicyclic) bond motifs is 2. The molecule has 0 aromatic heterocycles. The highest BCUT2D eigenvalue weighted by Gasteiger charge is 2.53. The summed E-state index contributed by atoms with van der Waals surface area (Å²) in [7, 11) is 6.11. The van der Waals surface area contributed by atoms with Gasteiger partial charge in [-0.1, -0.05) is 172 Å². The van der Waals surface area contributed by atoms with Crippen LogP contribution in [0.2, 0.25) is 0 Å². The number of methoxy groups -OCH3 is 4. The van der Waals surface area contributed by atoms with Crippen LogP contribution in [0, 0.1) is 5.41 Å². The van der Waals surface area contributed by atoms with E-state index in [-0.39, 0.29) is 12.8 Å². The maximum absolute atomic E-state index is 16.0. The van der Waals surface area contributed by atoms with E-state index in [0.29, 0.717) is 56.4 Å². The van der Waals surface area contributed by atoms with E-state index in [1.54, 1.807) is 86.6 Å². The lowest BCUT2D eigenvalue weighted by atomic mass is 9.73. The average Bonchev–Trinajstić information content (AvgIpc) is 3.41. The van der Waals surface area contributed by atoms with Gasteiger partial charge in [0, 0.05) is 22.3 Å². The van der Waals surface area contributed by atoms with Gasteiger partial charge in [0.2, 0.25) is 11.8 Å². The first-order valence-corrected chi connectivity index (χ1v) is 23.1. The van der Waals surface area contributed by atoms with Crippen molar-refractivity contribution in [1.82, 2.24) is 10.6 Å². The Bertz CT molecular complexity index is 2800. The van der Waals surface area contributed by atoms with Gasteiger partial charge >= 0.3 is 0 Å². The monoisotopic (exact) mass is 922 g/mol. The Kier molecular flexibility index (Phi) is 14.1. The molecule has 0 heterocycles. The minimum Gasteiger partial charge on any atom is -0.496 e. The molecule has 352 valence electrons. The van der Waals surface area contributed by atoms with Gasteiger partial charge < -0.3 is 39.8 Å². The molecule has 0 unspecified atom stereocenters. The predicted octanol–water partition coefficient (Wildman–Crippen LogP) is 10.7. The van der Waals surface area contributed by atoms with Crippen LogP contribution >= 0.6 is 0 Å². The molecule has 8 aromatic rings. The van der Waals surface area contributed by atoms with E-state index in [4.69, 9.17) is 18.9 Å². The van der Waals surface area contributed by atoms with Gasteiger partial charge in [-0.05, 0) is 69.8 Å². The van der Waals surface area contributed by atoms with E-state index >= 15 is 9.59 Å². The molecule has 2 atom stereocenters. The van der Waals surface area contributed by atoms with E-state index in [1.807, 2.05) is 109 Å². The highest BCUT2D eigenvalue weighted by Crippen LogP contribution is 2.51. The highest BCUT2D eigenvalue weighted by atomic mass is 16.5. The molecular weight excluding hydrogens is 865 g/mol. The number of carbonyl (C=O) groups is 2. The van der Waals surface area contributed by atoms with Gasteiger partial charge in [0.25, 0.3) is 0 Å². The molecule has 0 radical (unpaired) electrons. The van der Waals surface area contributed by atoms with Crippen LogP contribution in [0.4, 0.5) is 0 Å². The molecule has 69 heavy (non-hydrogen) atoms. The second-order valence-electron chi connectivity index (χ2n) is 17.1. The van der Waals surface area contributed by atoms with Crippen LogP contribution in [0.5, 0.6) is 23.0 Å². The fourth-order valence-corrected chi connectivity index (χ4v) is 10.1.